The van der Waals surface area contributed by atoms with Crippen LogP contribution in [0.3, 0.4) is 0 Å². The van der Waals surface area contributed by atoms with Crippen LogP contribution >= 0.6 is 11.3 Å². The standard InChI is InChI=1S/C46H51NO6S/c1-42-18-15-33(48)27-44(42)21-22-46(35(28-44)40(49)37-26-32-11-6-7-12-36(32)54-37)38(42)16-19-43(2)39(46)17-20-45(43,51)29-47(23-8-24-52-3)41(50)53-34-14-13-30-9-4-5-10-31(30)25-34/h4-7,9-14,21-22,25-26,28,33,38-39,48,51H,8,15-20,23-24,27,29H2,1-3H3/t33?,38-,39-,42-,43+,44+,45-,46-/m1/s1. The first kappa shape index (κ1) is 35.9. The van der Waals surface area contributed by atoms with E-state index in [0.29, 0.717) is 38.2 Å². The van der Waals surface area contributed by atoms with Gasteiger partial charge in [0.25, 0.3) is 0 Å². The van der Waals surface area contributed by atoms with Crippen molar-refractivity contribution in [3.05, 3.63) is 101 Å². The number of ether oxygens (including phenoxy) is 2. The molecule has 2 spiro atoms. The first-order chi connectivity index (χ1) is 26.0. The molecule has 1 amide bonds. The fourth-order valence-electron chi connectivity index (χ4n) is 12.2. The van der Waals surface area contributed by atoms with Crippen molar-refractivity contribution in [2.24, 2.45) is 33.5 Å². The topological polar surface area (TPSA) is 96.3 Å². The number of nitrogens with zero attached hydrogens (tertiary/aromatic N) is 1. The minimum Gasteiger partial charge on any atom is -0.410 e. The summed E-state index contributed by atoms with van der Waals surface area (Å²) >= 11 is 1.55. The highest BCUT2D eigenvalue weighted by molar-refractivity contribution is 7.21. The quantitative estimate of drug-likeness (QED) is 0.101. The van der Waals surface area contributed by atoms with E-state index in [1.807, 2.05) is 60.7 Å². The fourth-order valence-corrected chi connectivity index (χ4v) is 13.2. The van der Waals surface area contributed by atoms with Gasteiger partial charge in [-0.05, 0) is 109 Å². The molecule has 1 heterocycles. The molecule has 10 rings (SSSR count). The number of hydrogen-bond donors (Lipinski definition) is 2. The van der Waals surface area contributed by atoms with E-state index in [9.17, 15) is 15.0 Å². The van der Waals surface area contributed by atoms with Crippen LogP contribution in [-0.4, -0.2) is 65.5 Å². The number of carbonyl (C=O) groups is 2. The summed E-state index contributed by atoms with van der Waals surface area (Å²) in [5, 5.41) is 27.3. The summed E-state index contributed by atoms with van der Waals surface area (Å²) in [5.41, 5.74) is -2.04. The highest BCUT2D eigenvalue weighted by Crippen LogP contribution is 2.78. The molecule has 1 unspecified atom stereocenters. The zero-order chi connectivity index (χ0) is 37.5. The number of aliphatic hydroxyl groups is 2. The van der Waals surface area contributed by atoms with Crippen molar-refractivity contribution in [1.29, 1.82) is 0 Å². The number of amides is 1. The van der Waals surface area contributed by atoms with E-state index in [1.165, 1.54) is 0 Å². The van der Waals surface area contributed by atoms with Crippen LogP contribution in [-0.2, 0) is 4.74 Å². The zero-order valence-electron chi connectivity index (χ0n) is 31.6. The predicted octanol–water partition coefficient (Wildman–Crippen LogP) is 9.37. The van der Waals surface area contributed by atoms with Crippen molar-refractivity contribution in [3.8, 4) is 5.75 Å². The number of aliphatic hydroxyl groups excluding tert-OH is 1. The maximum atomic E-state index is 15.1. The van der Waals surface area contributed by atoms with Gasteiger partial charge in [-0.2, -0.15) is 0 Å². The van der Waals surface area contributed by atoms with Gasteiger partial charge in [0.05, 0.1) is 23.1 Å². The number of methoxy groups -OCH3 is 1. The molecule has 2 bridgehead atoms. The Morgan fingerprint density at radius 3 is 2.39 bits per heavy atom. The average molecular weight is 746 g/mol. The van der Waals surface area contributed by atoms with Crippen LogP contribution in [0.2, 0.25) is 0 Å². The van der Waals surface area contributed by atoms with Gasteiger partial charge in [-0.3, -0.25) is 4.79 Å². The summed E-state index contributed by atoms with van der Waals surface area (Å²) < 4.78 is 12.5. The maximum Gasteiger partial charge on any atom is 0.415 e. The summed E-state index contributed by atoms with van der Waals surface area (Å²) in [7, 11) is 1.65. The Bertz CT molecular complexity index is 2180. The smallest absolute Gasteiger partial charge is 0.410 e. The van der Waals surface area contributed by atoms with Crippen LogP contribution < -0.4 is 4.74 Å². The number of carbonyl (C=O) groups excluding carboxylic acids is 2. The van der Waals surface area contributed by atoms with Gasteiger partial charge >= 0.3 is 6.09 Å². The maximum absolute atomic E-state index is 15.1. The van der Waals surface area contributed by atoms with Crippen molar-refractivity contribution in [2.75, 3.05) is 26.8 Å². The third-order valence-electron chi connectivity index (χ3n) is 15.0. The molecule has 0 radical (unpaired) electrons. The van der Waals surface area contributed by atoms with Crippen LogP contribution in [0.1, 0.15) is 74.9 Å². The average Bonchev–Trinajstić information content (AvgIpc) is 3.72. The molecule has 2 N–H and O–H groups in total. The van der Waals surface area contributed by atoms with Crippen molar-refractivity contribution in [2.45, 2.75) is 76.9 Å². The molecule has 3 saturated carbocycles. The third kappa shape index (κ3) is 5.16. The first-order valence-corrected chi connectivity index (χ1v) is 20.6. The predicted molar refractivity (Wildman–Crippen MR) is 213 cm³/mol. The van der Waals surface area contributed by atoms with E-state index >= 15 is 4.79 Å². The molecule has 282 valence electrons. The number of rotatable bonds is 9. The molecule has 54 heavy (non-hydrogen) atoms. The second-order valence-electron chi connectivity index (χ2n) is 17.4. The molecule has 0 saturated heterocycles. The number of allylic oxidation sites excluding steroid dienone is 4. The highest BCUT2D eigenvalue weighted by atomic mass is 32.1. The van der Waals surface area contributed by atoms with Crippen molar-refractivity contribution < 1.29 is 29.3 Å². The van der Waals surface area contributed by atoms with Crippen LogP contribution in [0, 0.1) is 33.5 Å². The Morgan fingerprint density at radius 2 is 1.59 bits per heavy atom. The fraction of sp³-hybridized carbons (Fsp3) is 0.478. The Morgan fingerprint density at radius 1 is 0.870 bits per heavy atom. The third-order valence-corrected chi connectivity index (χ3v) is 16.1. The van der Waals surface area contributed by atoms with Gasteiger partial charge in [0.2, 0.25) is 0 Å². The Labute approximate surface area is 321 Å². The Balaban J connectivity index is 1.08. The van der Waals surface area contributed by atoms with E-state index in [4.69, 9.17) is 9.47 Å². The molecule has 8 heteroatoms. The summed E-state index contributed by atoms with van der Waals surface area (Å²) in [4.78, 5) is 31.6. The second kappa shape index (κ2) is 12.9. The lowest BCUT2D eigenvalue weighted by atomic mass is 9.32. The van der Waals surface area contributed by atoms with Crippen molar-refractivity contribution in [3.63, 3.8) is 0 Å². The van der Waals surface area contributed by atoms with Gasteiger partial charge in [-0.15, -0.1) is 11.3 Å². The number of Topliss-reactive ketones (excluding diaryl/α,β-unsaturated/α-hetero) is 1. The lowest BCUT2D eigenvalue weighted by Crippen LogP contribution is -2.67. The molecule has 7 nitrogen and oxygen atoms in total. The van der Waals surface area contributed by atoms with Crippen LogP contribution in [0.25, 0.3) is 20.9 Å². The monoisotopic (exact) mass is 745 g/mol. The van der Waals surface area contributed by atoms with Crippen LogP contribution in [0.15, 0.2) is 96.6 Å². The van der Waals surface area contributed by atoms with E-state index in [-0.39, 0.29) is 29.6 Å². The van der Waals surface area contributed by atoms with Gasteiger partial charge in [0.1, 0.15) is 5.75 Å². The van der Waals surface area contributed by atoms with Crippen LogP contribution in [0.5, 0.6) is 5.75 Å². The second-order valence-corrected chi connectivity index (χ2v) is 18.5. The minimum atomic E-state index is -1.21. The Kier molecular flexibility index (Phi) is 8.55. The molecular formula is C46H51NO6S. The van der Waals surface area contributed by atoms with Gasteiger partial charge < -0.3 is 24.6 Å². The van der Waals surface area contributed by atoms with E-state index in [1.54, 1.807) is 23.3 Å². The molecular weight excluding hydrogens is 695 g/mol. The van der Waals surface area contributed by atoms with Gasteiger partial charge in [-0.1, -0.05) is 80.6 Å². The lowest BCUT2D eigenvalue weighted by Gasteiger charge is -2.71. The molecule has 0 aliphatic heterocycles. The largest absolute Gasteiger partial charge is 0.415 e. The van der Waals surface area contributed by atoms with Gasteiger partial charge in [0, 0.05) is 46.8 Å². The van der Waals surface area contributed by atoms with Crippen LogP contribution in [0.4, 0.5) is 4.79 Å². The summed E-state index contributed by atoms with van der Waals surface area (Å²) in [6.07, 6.45) is 11.9. The number of fused-ring (bicyclic) bond motifs is 3. The molecule has 1 aromatic heterocycles. The summed E-state index contributed by atoms with van der Waals surface area (Å²) in [6.45, 7) is 5.63. The molecule has 6 aliphatic rings. The van der Waals surface area contributed by atoms with Crippen molar-refractivity contribution >= 4 is 44.1 Å². The SMILES string of the molecule is COCCCN(C[C@]1(O)CC[C@H]2[C@]34C=C[C@@]5(C=C3C(=O)c3cc6ccccc6s3)CC(O)CC[C@]5(C)[C@H]4CC[C@@]21C)C(=O)Oc1ccc2ccccc2c1. The normalized spacial score (nSPS) is 35.0. The number of thiophene rings is 1. The highest BCUT2D eigenvalue weighted by Gasteiger charge is 2.74. The van der Waals surface area contributed by atoms with E-state index in [2.05, 4.69) is 44.2 Å². The van der Waals surface area contributed by atoms with Gasteiger partial charge in [0.15, 0.2) is 5.78 Å². The lowest BCUT2D eigenvalue weighted by molar-refractivity contribution is -0.175. The first-order valence-electron chi connectivity index (χ1n) is 19.8. The van der Waals surface area contributed by atoms with E-state index < -0.39 is 34.0 Å². The number of hydrogen-bond acceptors (Lipinski definition) is 7. The van der Waals surface area contributed by atoms with Gasteiger partial charge in [-0.25, -0.2) is 4.79 Å². The molecule has 3 fully saturated rings. The number of ketones is 1. The molecule has 4 aromatic rings. The summed E-state index contributed by atoms with van der Waals surface area (Å²) in [6, 6.07) is 23.8. The van der Waals surface area contributed by atoms with Crippen molar-refractivity contribution in [1.82, 2.24) is 4.90 Å². The molecule has 8 atom stereocenters. The minimum absolute atomic E-state index is 0.0195. The Hall–Kier alpha value is -3.82. The molecule has 6 aliphatic carbocycles. The van der Waals surface area contributed by atoms with E-state index in [0.717, 1.165) is 63.4 Å². The zero-order valence-corrected chi connectivity index (χ0v) is 32.4. The summed E-state index contributed by atoms with van der Waals surface area (Å²) in [5.74, 6) is 0.716. The number of benzene rings is 3. The molecule has 3 aromatic carbocycles.